The highest BCUT2D eigenvalue weighted by Gasteiger charge is 2.28. The zero-order valence-corrected chi connectivity index (χ0v) is 9.36. The van der Waals surface area contributed by atoms with Gasteiger partial charge in [0.15, 0.2) is 0 Å². The Kier molecular flexibility index (Phi) is 3.57. The molecule has 1 atom stereocenters. The molecule has 1 heterocycles. The Hall–Kier alpha value is -1.35. The fraction of sp³-hybridized carbons (Fsp3) is 0.462. The number of hydrogen-bond donors (Lipinski definition) is 2. The Morgan fingerprint density at radius 3 is 2.44 bits per heavy atom. The molecule has 0 aliphatic carbocycles. The summed E-state index contributed by atoms with van der Waals surface area (Å²) in [5.74, 6) is 0.0718. The number of hydrogen-bond acceptors (Lipinski definition) is 2. The van der Waals surface area contributed by atoms with Gasteiger partial charge in [-0.25, -0.2) is 0 Å². The molecule has 1 fully saturated rings. The van der Waals surface area contributed by atoms with Crippen LogP contribution < -0.4 is 11.1 Å². The lowest BCUT2D eigenvalue weighted by Crippen LogP contribution is -2.36. The zero-order chi connectivity index (χ0) is 11.4. The van der Waals surface area contributed by atoms with Gasteiger partial charge in [-0.2, -0.15) is 0 Å². The van der Waals surface area contributed by atoms with Crippen LogP contribution in [0.4, 0.5) is 0 Å². The van der Waals surface area contributed by atoms with Crippen LogP contribution in [0.25, 0.3) is 0 Å². The van der Waals surface area contributed by atoms with Crippen molar-refractivity contribution < 1.29 is 4.79 Å². The molecule has 3 nitrogen and oxygen atoms in total. The number of carbonyl (C=O) groups is 1. The van der Waals surface area contributed by atoms with E-state index >= 15 is 0 Å². The van der Waals surface area contributed by atoms with Gasteiger partial charge < -0.3 is 11.1 Å². The van der Waals surface area contributed by atoms with Gasteiger partial charge in [0.2, 0.25) is 5.91 Å². The maximum atomic E-state index is 11.6. The fourth-order valence-electron chi connectivity index (χ4n) is 2.51. The largest absolute Gasteiger partial charge is 0.369 e. The van der Waals surface area contributed by atoms with E-state index in [0.717, 1.165) is 31.5 Å². The molecule has 0 aromatic heterocycles. The number of nitrogens with one attached hydrogen (secondary N) is 1. The van der Waals surface area contributed by atoms with E-state index in [2.05, 4.69) is 5.32 Å². The number of piperidine rings is 1. The first-order valence-corrected chi connectivity index (χ1v) is 5.84. The Bertz CT molecular complexity index is 344. The first-order valence-electron chi connectivity index (χ1n) is 5.84. The van der Waals surface area contributed by atoms with Crippen molar-refractivity contribution in [1.29, 1.82) is 0 Å². The third kappa shape index (κ3) is 2.42. The van der Waals surface area contributed by atoms with Crippen molar-refractivity contribution in [1.82, 2.24) is 5.32 Å². The lowest BCUT2D eigenvalue weighted by Gasteiger charge is -2.29. The van der Waals surface area contributed by atoms with Gasteiger partial charge in [0, 0.05) is 0 Å². The summed E-state index contributed by atoms with van der Waals surface area (Å²) in [5, 5.41) is 3.31. The monoisotopic (exact) mass is 218 g/mol. The summed E-state index contributed by atoms with van der Waals surface area (Å²) in [7, 11) is 0. The molecule has 1 saturated heterocycles. The van der Waals surface area contributed by atoms with E-state index in [1.165, 1.54) is 0 Å². The molecule has 0 bridgehead atoms. The maximum absolute atomic E-state index is 11.6. The number of carbonyl (C=O) groups excluding carboxylic acids is 1. The van der Waals surface area contributed by atoms with Gasteiger partial charge >= 0.3 is 0 Å². The average Bonchev–Trinajstić information content (AvgIpc) is 2.31. The molecule has 1 aromatic carbocycles. The lowest BCUT2D eigenvalue weighted by atomic mass is 9.80. The van der Waals surface area contributed by atoms with E-state index in [1.54, 1.807) is 0 Å². The molecule has 0 saturated carbocycles. The Morgan fingerprint density at radius 1 is 1.25 bits per heavy atom. The van der Waals surface area contributed by atoms with Crippen LogP contribution in [0.5, 0.6) is 0 Å². The molecule has 1 aliphatic heterocycles. The molecule has 86 valence electrons. The second-order valence-corrected chi connectivity index (χ2v) is 4.38. The van der Waals surface area contributed by atoms with Crippen molar-refractivity contribution in [3.63, 3.8) is 0 Å². The van der Waals surface area contributed by atoms with Crippen LogP contribution in [0.3, 0.4) is 0 Å². The fourth-order valence-corrected chi connectivity index (χ4v) is 2.51. The summed E-state index contributed by atoms with van der Waals surface area (Å²) in [6, 6.07) is 9.89. The summed E-state index contributed by atoms with van der Waals surface area (Å²) < 4.78 is 0. The molecule has 3 N–H and O–H groups in total. The van der Waals surface area contributed by atoms with E-state index < -0.39 is 0 Å². The minimum Gasteiger partial charge on any atom is -0.369 e. The average molecular weight is 218 g/mol. The summed E-state index contributed by atoms with van der Waals surface area (Å²) in [5.41, 5.74) is 6.60. The summed E-state index contributed by atoms with van der Waals surface area (Å²) in [6.45, 7) is 1.97. The first kappa shape index (κ1) is 11.1. The molecule has 0 spiro atoms. The van der Waals surface area contributed by atoms with E-state index in [0.29, 0.717) is 5.92 Å². The summed E-state index contributed by atoms with van der Waals surface area (Å²) in [4.78, 5) is 11.6. The van der Waals surface area contributed by atoms with Gasteiger partial charge in [0.25, 0.3) is 0 Å². The third-order valence-corrected chi connectivity index (χ3v) is 3.32. The van der Waals surface area contributed by atoms with Crippen molar-refractivity contribution in [2.24, 2.45) is 11.7 Å². The van der Waals surface area contributed by atoms with Gasteiger partial charge in [-0.3, -0.25) is 4.79 Å². The van der Waals surface area contributed by atoms with Crippen LogP contribution in [0.15, 0.2) is 30.3 Å². The predicted octanol–water partition coefficient (Wildman–Crippen LogP) is 1.26. The SMILES string of the molecule is NC(=O)[C@H](c1ccccc1)C1CCNCC1. The smallest absolute Gasteiger partial charge is 0.225 e. The molecule has 16 heavy (non-hydrogen) atoms. The van der Waals surface area contributed by atoms with Crippen molar-refractivity contribution >= 4 is 5.91 Å². The number of primary amides is 1. The topological polar surface area (TPSA) is 55.1 Å². The summed E-state index contributed by atoms with van der Waals surface area (Å²) >= 11 is 0. The Balaban J connectivity index is 2.20. The zero-order valence-electron chi connectivity index (χ0n) is 9.36. The molecule has 1 aliphatic rings. The van der Waals surface area contributed by atoms with E-state index in [-0.39, 0.29) is 11.8 Å². The minimum atomic E-state index is -0.196. The molecule has 0 unspecified atom stereocenters. The molecule has 0 radical (unpaired) electrons. The van der Waals surface area contributed by atoms with E-state index in [1.807, 2.05) is 30.3 Å². The second kappa shape index (κ2) is 5.12. The van der Waals surface area contributed by atoms with Crippen LogP contribution in [0.2, 0.25) is 0 Å². The van der Waals surface area contributed by atoms with Crippen molar-refractivity contribution in [3.05, 3.63) is 35.9 Å². The molecular weight excluding hydrogens is 200 g/mol. The molecule has 1 amide bonds. The molecular formula is C13H18N2O. The maximum Gasteiger partial charge on any atom is 0.225 e. The third-order valence-electron chi connectivity index (χ3n) is 3.32. The van der Waals surface area contributed by atoms with Crippen LogP contribution in [0.1, 0.15) is 24.3 Å². The first-order chi connectivity index (χ1) is 7.79. The van der Waals surface area contributed by atoms with Gasteiger partial charge in [-0.1, -0.05) is 30.3 Å². The molecule has 3 heteroatoms. The van der Waals surface area contributed by atoms with Gasteiger partial charge in [-0.15, -0.1) is 0 Å². The lowest BCUT2D eigenvalue weighted by molar-refractivity contribution is -0.120. The number of benzene rings is 1. The standard InChI is InChI=1S/C13H18N2O/c14-13(16)12(10-4-2-1-3-5-10)11-6-8-15-9-7-11/h1-5,11-12,15H,6-9H2,(H2,14,16)/t12-/m1/s1. The Morgan fingerprint density at radius 2 is 1.88 bits per heavy atom. The molecule has 2 rings (SSSR count). The van der Waals surface area contributed by atoms with Crippen molar-refractivity contribution in [3.8, 4) is 0 Å². The van der Waals surface area contributed by atoms with Crippen LogP contribution in [-0.2, 0) is 4.79 Å². The number of nitrogens with two attached hydrogens (primary N) is 1. The van der Waals surface area contributed by atoms with Crippen LogP contribution in [-0.4, -0.2) is 19.0 Å². The van der Waals surface area contributed by atoms with Crippen molar-refractivity contribution in [2.45, 2.75) is 18.8 Å². The van der Waals surface area contributed by atoms with Crippen molar-refractivity contribution in [2.75, 3.05) is 13.1 Å². The van der Waals surface area contributed by atoms with Crippen LogP contribution >= 0.6 is 0 Å². The van der Waals surface area contributed by atoms with Crippen LogP contribution in [0, 0.1) is 5.92 Å². The highest BCUT2D eigenvalue weighted by molar-refractivity contribution is 5.82. The van der Waals surface area contributed by atoms with E-state index in [9.17, 15) is 4.79 Å². The molecule has 1 aromatic rings. The Labute approximate surface area is 96.0 Å². The second-order valence-electron chi connectivity index (χ2n) is 4.38. The van der Waals surface area contributed by atoms with Gasteiger partial charge in [-0.05, 0) is 37.4 Å². The summed E-state index contributed by atoms with van der Waals surface area (Å²) in [6.07, 6.45) is 2.06. The van der Waals surface area contributed by atoms with E-state index in [4.69, 9.17) is 5.73 Å². The van der Waals surface area contributed by atoms with Gasteiger partial charge in [0.05, 0.1) is 5.92 Å². The quantitative estimate of drug-likeness (QED) is 0.802. The minimum absolute atomic E-state index is 0.122. The number of amides is 1. The normalized spacial score (nSPS) is 19.2. The predicted molar refractivity (Wildman–Crippen MR) is 64.0 cm³/mol. The number of rotatable bonds is 3. The highest BCUT2D eigenvalue weighted by atomic mass is 16.1. The highest BCUT2D eigenvalue weighted by Crippen LogP contribution is 2.30. The van der Waals surface area contributed by atoms with Gasteiger partial charge in [0.1, 0.15) is 0 Å².